The molecule has 0 aliphatic carbocycles. The fraction of sp³-hybridized carbons (Fsp3) is 0.304. The SMILES string of the molecule is CCOC(=O)C1CCCN(c2nc3c(-c4ccccc4F)nnn3c3ccccc23)C1. The lowest BCUT2D eigenvalue weighted by Crippen LogP contribution is -2.40. The summed E-state index contributed by atoms with van der Waals surface area (Å²) in [5, 5.41) is 9.42. The number of halogens is 1. The molecule has 2 aromatic heterocycles. The minimum Gasteiger partial charge on any atom is -0.466 e. The molecule has 7 nitrogen and oxygen atoms in total. The summed E-state index contributed by atoms with van der Waals surface area (Å²) in [5.41, 5.74) is 2.06. The summed E-state index contributed by atoms with van der Waals surface area (Å²) in [5.74, 6) is 0.00829. The average molecular weight is 419 g/mol. The van der Waals surface area contributed by atoms with E-state index in [1.54, 1.807) is 22.7 Å². The second-order valence-electron chi connectivity index (χ2n) is 7.64. The van der Waals surface area contributed by atoms with Crippen molar-refractivity contribution >= 4 is 28.3 Å². The quantitative estimate of drug-likeness (QED) is 0.468. The minimum absolute atomic E-state index is 0.171. The lowest BCUT2D eigenvalue weighted by Gasteiger charge is -2.33. The first kappa shape index (κ1) is 19.4. The molecule has 0 bridgehead atoms. The van der Waals surface area contributed by atoms with Gasteiger partial charge in [-0.25, -0.2) is 9.37 Å². The third-order valence-electron chi connectivity index (χ3n) is 5.70. The smallest absolute Gasteiger partial charge is 0.310 e. The van der Waals surface area contributed by atoms with Crippen LogP contribution in [-0.4, -0.2) is 45.5 Å². The van der Waals surface area contributed by atoms with Crippen molar-refractivity contribution in [1.82, 2.24) is 19.8 Å². The van der Waals surface area contributed by atoms with Crippen molar-refractivity contribution in [2.24, 2.45) is 5.92 Å². The molecule has 3 heterocycles. The first-order valence-corrected chi connectivity index (χ1v) is 10.5. The molecule has 1 fully saturated rings. The maximum absolute atomic E-state index is 14.5. The molecule has 158 valence electrons. The molecule has 1 saturated heterocycles. The highest BCUT2D eigenvalue weighted by Gasteiger charge is 2.29. The molecule has 1 unspecified atom stereocenters. The van der Waals surface area contributed by atoms with Gasteiger partial charge in [0.15, 0.2) is 5.65 Å². The Hall–Kier alpha value is -3.55. The number of anilines is 1. The fourth-order valence-corrected chi connectivity index (χ4v) is 4.24. The normalized spacial score (nSPS) is 16.7. The monoisotopic (exact) mass is 419 g/mol. The Bertz CT molecular complexity index is 1270. The Morgan fingerprint density at radius 3 is 2.84 bits per heavy atom. The topological polar surface area (TPSA) is 72.6 Å². The summed E-state index contributed by atoms with van der Waals surface area (Å²) in [7, 11) is 0. The number of carbonyl (C=O) groups excluding carboxylic acids is 1. The van der Waals surface area contributed by atoms with E-state index in [0.29, 0.717) is 30.1 Å². The van der Waals surface area contributed by atoms with Crippen molar-refractivity contribution in [3.8, 4) is 11.3 Å². The summed E-state index contributed by atoms with van der Waals surface area (Å²) >= 11 is 0. The molecule has 1 atom stereocenters. The average Bonchev–Trinajstić information content (AvgIpc) is 3.23. The predicted molar refractivity (Wildman–Crippen MR) is 115 cm³/mol. The van der Waals surface area contributed by atoms with Crippen LogP contribution in [0.25, 0.3) is 27.8 Å². The van der Waals surface area contributed by atoms with Gasteiger partial charge in [0.1, 0.15) is 17.3 Å². The van der Waals surface area contributed by atoms with Crippen molar-refractivity contribution in [3.05, 3.63) is 54.3 Å². The number of para-hydroxylation sites is 1. The Morgan fingerprint density at radius 1 is 1.19 bits per heavy atom. The van der Waals surface area contributed by atoms with E-state index in [1.165, 1.54) is 6.07 Å². The molecule has 4 aromatic rings. The van der Waals surface area contributed by atoms with Crippen LogP contribution in [-0.2, 0) is 9.53 Å². The van der Waals surface area contributed by atoms with Gasteiger partial charge in [-0.1, -0.05) is 29.5 Å². The van der Waals surface area contributed by atoms with Gasteiger partial charge in [-0.3, -0.25) is 4.79 Å². The highest BCUT2D eigenvalue weighted by Crippen LogP contribution is 2.32. The van der Waals surface area contributed by atoms with E-state index in [4.69, 9.17) is 9.72 Å². The molecule has 1 aliphatic heterocycles. The van der Waals surface area contributed by atoms with Gasteiger partial charge < -0.3 is 9.64 Å². The van der Waals surface area contributed by atoms with E-state index in [2.05, 4.69) is 15.2 Å². The fourth-order valence-electron chi connectivity index (χ4n) is 4.24. The van der Waals surface area contributed by atoms with Gasteiger partial charge in [0.05, 0.1) is 18.0 Å². The molecule has 0 radical (unpaired) electrons. The van der Waals surface area contributed by atoms with Crippen LogP contribution in [0.1, 0.15) is 19.8 Å². The highest BCUT2D eigenvalue weighted by atomic mass is 19.1. The zero-order chi connectivity index (χ0) is 21.4. The van der Waals surface area contributed by atoms with Crippen LogP contribution in [0.15, 0.2) is 48.5 Å². The molecule has 8 heteroatoms. The van der Waals surface area contributed by atoms with Gasteiger partial charge in [0.2, 0.25) is 0 Å². The number of aromatic nitrogens is 4. The van der Waals surface area contributed by atoms with Crippen molar-refractivity contribution < 1.29 is 13.9 Å². The van der Waals surface area contributed by atoms with Gasteiger partial charge in [-0.15, -0.1) is 5.10 Å². The molecule has 0 N–H and O–H groups in total. The van der Waals surface area contributed by atoms with Crippen LogP contribution >= 0.6 is 0 Å². The van der Waals surface area contributed by atoms with Gasteiger partial charge in [-0.2, -0.15) is 4.52 Å². The number of nitrogens with zero attached hydrogens (tertiary/aromatic N) is 5. The Morgan fingerprint density at radius 2 is 2.00 bits per heavy atom. The third kappa shape index (κ3) is 3.37. The standard InChI is InChI=1S/C23H22FN5O2/c1-2-31-23(30)15-8-7-13-28(14-15)21-17-10-4-6-12-19(17)29-22(25-21)20(26-27-29)16-9-3-5-11-18(16)24/h3-6,9-12,15H,2,7-8,13-14H2,1H3. The number of hydrogen-bond donors (Lipinski definition) is 0. The molecule has 2 aromatic carbocycles. The van der Waals surface area contributed by atoms with Crippen LogP contribution in [0.5, 0.6) is 0 Å². The molecule has 5 rings (SSSR count). The van der Waals surface area contributed by atoms with Gasteiger partial charge in [0.25, 0.3) is 0 Å². The summed E-state index contributed by atoms with van der Waals surface area (Å²) in [6, 6.07) is 14.3. The Balaban J connectivity index is 1.66. The molecule has 1 aliphatic rings. The van der Waals surface area contributed by atoms with Crippen molar-refractivity contribution in [3.63, 3.8) is 0 Å². The molecule has 0 amide bonds. The van der Waals surface area contributed by atoms with Crippen molar-refractivity contribution in [1.29, 1.82) is 0 Å². The van der Waals surface area contributed by atoms with E-state index in [0.717, 1.165) is 36.1 Å². The first-order chi connectivity index (χ1) is 15.2. The van der Waals surface area contributed by atoms with Crippen LogP contribution in [0, 0.1) is 11.7 Å². The Kier molecular flexibility index (Phi) is 4.97. The number of fused-ring (bicyclic) bond motifs is 3. The van der Waals surface area contributed by atoms with Crippen LogP contribution in [0.3, 0.4) is 0 Å². The zero-order valence-corrected chi connectivity index (χ0v) is 17.2. The minimum atomic E-state index is -0.373. The predicted octanol–water partition coefficient (Wildman–Crippen LogP) is 3.86. The van der Waals surface area contributed by atoms with E-state index >= 15 is 0 Å². The van der Waals surface area contributed by atoms with Gasteiger partial charge in [-0.05, 0) is 44.0 Å². The second-order valence-corrected chi connectivity index (χ2v) is 7.64. The maximum atomic E-state index is 14.5. The largest absolute Gasteiger partial charge is 0.466 e. The zero-order valence-electron chi connectivity index (χ0n) is 17.2. The van der Waals surface area contributed by atoms with Crippen LogP contribution in [0.2, 0.25) is 0 Å². The van der Waals surface area contributed by atoms with E-state index in [-0.39, 0.29) is 17.7 Å². The number of carbonyl (C=O) groups is 1. The number of benzene rings is 2. The van der Waals surface area contributed by atoms with E-state index in [1.807, 2.05) is 31.2 Å². The molecule has 0 spiro atoms. The number of rotatable bonds is 4. The Labute approximate surface area is 178 Å². The summed E-state index contributed by atoms with van der Waals surface area (Å²) in [6.45, 7) is 3.50. The summed E-state index contributed by atoms with van der Waals surface area (Å²) < 4.78 is 21.4. The van der Waals surface area contributed by atoms with Crippen LogP contribution < -0.4 is 4.90 Å². The first-order valence-electron chi connectivity index (χ1n) is 10.5. The molecular weight excluding hydrogens is 397 g/mol. The van der Waals surface area contributed by atoms with E-state index in [9.17, 15) is 9.18 Å². The highest BCUT2D eigenvalue weighted by molar-refractivity contribution is 5.94. The van der Waals surface area contributed by atoms with Gasteiger partial charge >= 0.3 is 5.97 Å². The molecule has 0 saturated carbocycles. The van der Waals surface area contributed by atoms with Crippen LogP contribution in [0.4, 0.5) is 10.2 Å². The second kappa shape index (κ2) is 7.94. The number of esters is 1. The number of ether oxygens (including phenoxy) is 1. The number of piperidine rings is 1. The lowest BCUT2D eigenvalue weighted by atomic mass is 9.98. The molecular formula is C23H22FN5O2. The third-order valence-corrected chi connectivity index (χ3v) is 5.70. The lowest BCUT2D eigenvalue weighted by molar-refractivity contribution is -0.148. The van der Waals surface area contributed by atoms with Crippen molar-refractivity contribution in [2.45, 2.75) is 19.8 Å². The summed E-state index contributed by atoms with van der Waals surface area (Å²) in [4.78, 5) is 19.4. The summed E-state index contributed by atoms with van der Waals surface area (Å²) in [6.07, 6.45) is 1.66. The number of hydrogen-bond acceptors (Lipinski definition) is 6. The van der Waals surface area contributed by atoms with E-state index < -0.39 is 0 Å². The van der Waals surface area contributed by atoms with Crippen molar-refractivity contribution in [2.75, 3.05) is 24.6 Å². The maximum Gasteiger partial charge on any atom is 0.310 e. The van der Waals surface area contributed by atoms with Gasteiger partial charge in [0, 0.05) is 24.0 Å². The molecule has 31 heavy (non-hydrogen) atoms.